The molecule has 2 aromatic carbocycles. The topological polar surface area (TPSA) is 50.3 Å². The molecule has 0 saturated carbocycles. The molecule has 8 heteroatoms. The summed E-state index contributed by atoms with van der Waals surface area (Å²) in [4.78, 5) is 4.07. The highest BCUT2D eigenvalue weighted by Gasteiger charge is 2.30. The van der Waals surface area contributed by atoms with Crippen LogP contribution < -0.4 is 0 Å². The van der Waals surface area contributed by atoms with Crippen LogP contribution in [-0.2, 0) is 10.0 Å². The highest BCUT2D eigenvalue weighted by atomic mass is 35.5. The van der Waals surface area contributed by atoms with Crippen LogP contribution in [0.25, 0.3) is 10.2 Å². The molecule has 0 amide bonds. The van der Waals surface area contributed by atoms with Crippen LogP contribution in [0.2, 0.25) is 5.02 Å². The molecule has 1 atom stereocenters. The molecule has 0 spiro atoms. The molecule has 0 aliphatic carbocycles. The molecule has 126 valence electrons. The lowest BCUT2D eigenvalue weighted by Gasteiger charge is -2.23. The second-order valence-corrected chi connectivity index (χ2v) is 8.76. The zero-order chi connectivity index (χ0) is 17.5. The van der Waals surface area contributed by atoms with Gasteiger partial charge in [-0.15, -0.1) is 11.3 Å². The van der Waals surface area contributed by atoms with Crippen LogP contribution in [-0.4, -0.2) is 24.8 Å². The van der Waals surface area contributed by atoms with Gasteiger partial charge >= 0.3 is 0 Å². The summed E-state index contributed by atoms with van der Waals surface area (Å²) in [5, 5.41) is 0.796. The third-order valence-electron chi connectivity index (χ3n) is 3.76. The van der Waals surface area contributed by atoms with Gasteiger partial charge in [-0.25, -0.2) is 17.8 Å². The predicted molar refractivity (Wildman–Crippen MR) is 94.4 cm³/mol. The summed E-state index contributed by atoms with van der Waals surface area (Å²) >= 11 is 7.11. The van der Waals surface area contributed by atoms with E-state index in [1.54, 1.807) is 6.92 Å². The van der Waals surface area contributed by atoms with Crippen LogP contribution in [0, 0.1) is 5.82 Å². The standard InChI is InChI=1S/C16H14ClFN2O2S2/c1-10(16-19-13-5-3-4-6-14(13)23-16)20(2)24(21,22)15-8-7-11(17)9-12(15)18/h3-10H,1-2H3/t10-/m1/s1. The first-order chi connectivity index (χ1) is 11.3. The molecule has 0 radical (unpaired) electrons. The van der Waals surface area contributed by atoms with Gasteiger partial charge < -0.3 is 0 Å². The Labute approximate surface area is 148 Å². The summed E-state index contributed by atoms with van der Waals surface area (Å²) in [5.74, 6) is -0.870. The molecule has 3 rings (SSSR count). The maximum Gasteiger partial charge on any atom is 0.246 e. The monoisotopic (exact) mass is 384 g/mol. The van der Waals surface area contributed by atoms with Crippen molar-refractivity contribution in [3.63, 3.8) is 0 Å². The maximum atomic E-state index is 14.0. The average Bonchev–Trinajstić information content (AvgIpc) is 2.97. The van der Waals surface area contributed by atoms with Gasteiger partial charge in [-0.05, 0) is 37.3 Å². The van der Waals surface area contributed by atoms with Crippen LogP contribution in [0.1, 0.15) is 18.0 Å². The fourth-order valence-corrected chi connectivity index (χ4v) is 4.93. The van der Waals surface area contributed by atoms with Gasteiger partial charge in [0, 0.05) is 12.1 Å². The van der Waals surface area contributed by atoms with Crippen molar-refractivity contribution in [2.24, 2.45) is 0 Å². The first-order valence-electron chi connectivity index (χ1n) is 7.09. The van der Waals surface area contributed by atoms with Crippen LogP contribution in [0.4, 0.5) is 4.39 Å². The molecule has 4 nitrogen and oxygen atoms in total. The maximum absolute atomic E-state index is 14.0. The zero-order valence-electron chi connectivity index (χ0n) is 12.9. The zero-order valence-corrected chi connectivity index (χ0v) is 15.3. The Kier molecular flexibility index (Phi) is 4.61. The molecule has 0 unspecified atom stereocenters. The Bertz CT molecular complexity index is 971. The van der Waals surface area contributed by atoms with E-state index in [1.165, 1.54) is 30.5 Å². The number of benzene rings is 2. The van der Waals surface area contributed by atoms with Crippen molar-refractivity contribution < 1.29 is 12.8 Å². The minimum absolute atomic E-state index is 0.147. The summed E-state index contributed by atoms with van der Waals surface area (Å²) in [6, 6.07) is 10.6. The van der Waals surface area contributed by atoms with E-state index in [4.69, 9.17) is 11.6 Å². The Hall–Kier alpha value is -1.54. The molecule has 3 aromatic rings. The van der Waals surface area contributed by atoms with E-state index in [9.17, 15) is 12.8 Å². The largest absolute Gasteiger partial charge is 0.246 e. The molecule has 0 aliphatic rings. The van der Waals surface area contributed by atoms with E-state index < -0.39 is 26.8 Å². The SMILES string of the molecule is C[C@H](c1nc2ccccc2s1)N(C)S(=O)(=O)c1ccc(Cl)cc1F. The molecule has 0 bridgehead atoms. The smallest absolute Gasteiger partial charge is 0.239 e. The quantitative estimate of drug-likeness (QED) is 0.666. The Morgan fingerprint density at radius 1 is 1.25 bits per heavy atom. The van der Waals surface area contributed by atoms with E-state index >= 15 is 0 Å². The second-order valence-electron chi connectivity index (χ2n) is 5.29. The van der Waals surface area contributed by atoms with Gasteiger partial charge in [0.05, 0.1) is 16.3 Å². The summed E-state index contributed by atoms with van der Waals surface area (Å²) in [5.41, 5.74) is 0.813. The first kappa shape index (κ1) is 17.3. The molecule has 0 aliphatic heterocycles. The minimum atomic E-state index is -4.00. The van der Waals surface area contributed by atoms with Crippen molar-refractivity contribution in [3.8, 4) is 0 Å². The second kappa shape index (κ2) is 6.40. The van der Waals surface area contributed by atoms with E-state index in [2.05, 4.69) is 4.98 Å². The summed E-state index contributed by atoms with van der Waals surface area (Å²) in [7, 11) is -2.59. The Morgan fingerprint density at radius 2 is 1.96 bits per heavy atom. The Balaban J connectivity index is 1.98. The van der Waals surface area contributed by atoms with Crippen molar-refractivity contribution in [2.45, 2.75) is 17.9 Å². The van der Waals surface area contributed by atoms with Crippen molar-refractivity contribution in [2.75, 3.05) is 7.05 Å². The number of para-hydroxylation sites is 1. The number of thiazole rings is 1. The van der Waals surface area contributed by atoms with Gasteiger partial charge in [0.1, 0.15) is 15.7 Å². The van der Waals surface area contributed by atoms with E-state index in [-0.39, 0.29) is 5.02 Å². The van der Waals surface area contributed by atoms with E-state index in [0.29, 0.717) is 5.01 Å². The minimum Gasteiger partial charge on any atom is -0.239 e. The predicted octanol–water partition coefficient (Wildman–Crippen LogP) is 4.47. The Morgan fingerprint density at radius 3 is 2.62 bits per heavy atom. The molecule has 1 heterocycles. The fourth-order valence-electron chi connectivity index (χ4n) is 2.27. The highest BCUT2D eigenvalue weighted by Crippen LogP contribution is 2.32. The number of sulfonamides is 1. The molecular weight excluding hydrogens is 371 g/mol. The number of hydrogen-bond acceptors (Lipinski definition) is 4. The van der Waals surface area contributed by atoms with Crippen molar-refractivity contribution >= 4 is 43.2 Å². The van der Waals surface area contributed by atoms with Gasteiger partial charge in [0.25, 0.3) is 0 Å². The van der Waals surface area contributed by atoms with E-state index in [0.717, 1.165) is 20.6 Å². The number of fused-ring (bicyclic) bond motifs is 1. The van der Waals surface area contributed by atoms with Gasteiger partial charge in [-0.3, -0.25) is 0 Å². The first-order valence-corrected chi connectivity index (χ1v) is 9.72. The van der Waals surface area contributed by atoms with Crippen LogP contribution in [0.3, 0.4) is 0 Å². The lowest BCUT2D eigenvalue weighted by atomic mass is 10.3. The number of rotatable bonds is 4. The molecular formula is C16H14ClFN2O2S2. The number of hydrogen-bond donors (Lipinski definition) is 0. The summed E-state index contributed by atoms with van der Waals surface area (Å²) < 4.78 is 41.6. The lowest BCUT2D eigenvalue weighted by Crippen LogP contribution is -2.30. The highest BCUT2D eigenvalue weighted by molar-refractivity contribution is 7.89. The van der Waals surface area contributed by atoms with Crippen molar-refractivity contribution in [1.82, 2.24) is 9.29 Å². The third kappa shape index (κ3) is 3.04. The third-order valence-corrected chi connectivity index (χ3v) is 7.17. The van der Waals surface area contributed by atoms with Gasteiger partial charge in [-0.2, -0.15) is 4.31 Å². The molecule has 24 heavy (non-hydrogen) atoms. The van der Waals surface area contributed by atoms with Crippen molar-refractivity contribution in [3.05, 3.63) is 58.3 Å². The number of nitrogens with zero attached hydrogens (tertiary/aromatic N) is 2. The molecule has 0 N–H and O–H groups in total. The molecule has 0 saturated heterocycles. The normalized spacial score (nSPS) is 13.5. The summed E-state index contributed by atoms with van der Waals surface area (Å²) in [6.07, 6.45) is 0. The number of halogens is 2. The molecule has 0 fully saturated rings. The van der Waals surface area contributed by atoms with Crippen LogP contribution >= 0.6 is 22.9 Å². The van der Waals surface area contributed by atoms with Gasteiger partial charge in [0.2, 0.25) is 10.0 Å². The number of aromatic nitrogens is 1. The summed E-state index contributed by atoms with van der Waals surface area (Å²) in [6.45, 7) is 1.73. The van der Waals surface area contributed by atoms with Crippen molar-refractivity contribution in [1.29, 1.82) is 0 Å². The van der Waals surface area contributed by atoms with Crippen LogP contribution in [0.5, 0.6) is 0 Å². The average molecular weight is 385 g/mol. The van der Waals surface area contributed by atoms with Crippen LogP contribution in [0.15, 0.2) is 47.4 Å². The lowest BCUT2D eigenvalue weighted by molar-refractivity contribution is 0.394. The van der Waals surface area contributed by atoms with Gasteiger partial charge in [-0.1, -0.05) is 23.7 Å². The fraction of sp³-hybridized carbons (Fsp3) is 0.188. The van der Waals surface area contributed by atoms with E-state index in [1.807, 2.05) is 24.3 Å². The molecule has 1 aromatic heterocycles. The van der Waals surface area contributed by atoms with Gasteiger partial charge in [0.15, 0.2) is 0 Å².